The number of carbonyl (C=O) groups excluding carboxylic acids is 1. The lowest BCUT2D eigenvalue weighted by Gasteiger charge is -2.21. The number of amides is 1. The van der Waals surface area contributed by atoms with Crippen molar-refractivity contribution < 1.29 is 4.79 Å². The molecular formula is C23H25N3OS. The van der Waals surface area contributed by atoms with Crippen LogP contribution in [0, 0.1) is 12.8 Å². The van der Waals surface area contributed by atoms with E-state index in [1.54, 1.807) is 17.5 Å². The number of hydrogen-bond donors (Lipinski definition) is 1. The Balaban J connectivity index is 1.47. The Hall–Kier alpha value is -2.53. The first-order valence-corrected chi connectivity index (χ1v) is 10.8. The van der Waals surface area contributed by atoms with Crippen LogP contribution < -0.4 is 5.32 Å². The molecule has 1 saturated carbocycles. The maximum absolute atomic E-state index is 12.6. The average Bonchev–Trinajstić information content (AvgIpc) is 3.20. The van der Waals surface area contributed by atoms with Crippen molar-refractivity contribution in [2.75, 3.05) is 5.32 Å². The summed E-state index contributed by atoms with van der Waals surface area (Å²) in [4.78, 5) is 21.5. The summed E-state index contributed by atoms with van der Waals surface area (Å²) in [7, 11) is 0. The Morgan fingerprint density at radius 3 is 2.86 bits per heavy atom. The summed E-state index contributed by atoms with van der Waals surface area (Å²) >= 11 is 1.66. The summed E-state index contributed by atoms with van der Waals surface area (Å²) in [5.41, 5.74) is 5.31. The number of rotatable bonds is 5. The van der Waals surface area contributed by atoms with Gasteiger partial charge in [-0.05, 0) is 55.2 Å². The smallest absolute Gasteiger partial charge is 0.227 e. The van der Waals surface area contributed by atoms with Crippen molar-refractivity contribution in [3.8, 4) is 11.3 Å². The number of hydrogen-bond acceptors (Lipinski definition) is 4. The molecule has 4 rings (SSSR count). The molecule has 0 bridgehead atoms. The quantitative estimate of drug-likeness (QED) is 0.614. The Bertz CT molecular complexity index is 945. The molecular weight excluding hydrogens is 366 g/mol. The third kappa shape index (κ3) is 4.47. The predicted molar refractivity (Wildman–Crippen MR) is 115 cm³/mol. The first-order chi connectivity index (χ1) is 13.7. The van der Waals surface area contributed by atoms with E-state index >= 15 is 0 Å². The second-order valence-corrected chi connectivity index (χ2v) is 8.45. The van der Waals surface area contributed by atoms with Gasteiger partial charge in [-0.15, -0.1) is 11.3 Å². The second kappa shape index (κ2) is 8.65. The van der Waals surface area contributed by atoms with Crippen LogP contribution in [-0.4, -0.2) is 15.9 Å². The number of nitrogens with one attached hydrogen (secondary N) is 1. The first kappa shape index (κ1) is 18.8. The summed E-state index contributed by atoms with van der Waals surface area (Å²) in [6.07, 6.45) is 10.00. The van der Waals surface area contributed by atoms with Crippen LogP contribution >= 0.6 is 11.3 Å². The fourth-order valence-electron chi connectivity index (χ4n) is 3.75. The van der Waals surface area contributed by atoms with Gasteiger partial charge in [0.2, 0.25) is 5.91 Å². The van der Waals surface area contributed by atoms with Crippen LogP contribution in [0.15, 0.2) is 48.1 Å². The van der Waals surface area contributed by atoms with Gasteiger partial charge in [0.1, 0.15) is 0 Å². The van der Waals surface area contributed by atoms with E-state index in [1.807, 2.05) is 24.4 Å². The van der Waals surface area contributed by atoms with Crippen molar-refractivity contribution in [1.29, 1.82) is 0 Å². The van der Waals surface area contributed by atoms with Crippen molar-refractivity contribution >= 4 is 22.9 Å². The second-order valence-electron chi connectivity index (χ2n) is 7.51. The molecule has 0 unspecified atom stereocenters. The molecule has 0 saturated heterocycles. The maximum atomic E-state index is 12.6. The Morgan fingerprint density at radius 1 is 1.21 bits per heavy atom. The molecule has 1 amide bonds. The van der Waals surface area contributed by atoms with Gasteiger partial charge in [0.25, 0.3) is 0 Å². The Labute approximate surface area is 170 Å². The molecule has 1 aromatic carbocycles. The molecule has 1 fully saturated rings. The van der Waals surface area contributed by atoms with Gasteiger partial charge in [-0.25, -0.2) is 4.98 Å². The highest BCUT2D eigenvalue weighted by atomic mass is 32.1. The Kier molecular flexibility index (Phi) is 5.81. The maximum Gasteiger partial charge on any atom is 0.227 e. The van der Waals surface area contributed by atoms with Crippen molar-refractivity contribution in [2.45, 2.75) is 45.4 Å². The number of benzene rings is 1. The minimum absolute atomic E-state index is 0.166. The molecule has 144 valence electrons. The van der Waals surface area contributed by atoms with Crippen LogP contribution in [0.4, 0.5) is 5.69 Å². The van der Waals surface area contributed by atoms with Gasteiger partial charge in [-0.3, -0.25) is 9.78 Å². The van der Waals surface area contributed by atoms with Gasteiger partial charge >= 0.3 is 0 Å². The van der Waals surface area contributed by atoms with Crippen molar-refractivity contribution in [3.63, 3.8) is 0 Å². The highest BCUT2D eigenvalue weighted by Gasteiger charge is 2.21. The summed E-state index contributed by atoms with van der Waals surface area (Å²) < 4.78 is 0. The number of aromatic nitrogens is 2. The number of aryl methyl sites for hydroxylation is 1. The molecule has 0 spiro atoms. The highest BCUT2D eigenvalue weighted by molar-refractivity contribution is 7.10. The summed E-state index contributed by atoms with van der Waals surface area (Å²) in [6.45, 7) is 2.11. The zero-order valence-corrected chi connectivity index (χ0v) is 17.0. The summed E-state index contributed by atoms with van der Waals surface area (Å²) in [6, 6.07) is 10.1. The number of anilines is 1. The normalized spacial score (nSPS) is 14.8. The standard InChI is InChI=1S/C23H25N3OS/c1-16-9-10-20(25-23(27)17-6-3-2-4-7-17)12-19(16)13-22-26-21(15-28-22)18-8-5-11-24-14-18/h5,8-12,14-15,17H,2-4,6-7,13H2,1H3,(H,25,27). The lowest BCUT2D eigenvalue weighted by Crippen LogP contribution is -2.24. The zero-order valence-electron chi connectivity index (χ0n) is 16.1. The molecule has 5 heteroatoms. The van der Waals surface area contributed by atoms with Gasteiger partial charge in [-0.2, -0.15) is 0 Å². The topological polar surface area (TPSA) is 54.9 Å². The van der Waals surface area contributed by atoms with Crippen molar-refractivity contribution in [1.82, 2.24) is 9.97 Å². The van der Waals surface area contributed by atoms with Gasteiger partial charge < -0.3 is 5.32 Å². The summed E-state index contributed by atoms with van der Waals surface area (Å²) in [5, 5.41) is 6.28. The Morgan fingerprint density at radius 2 is 2.07 bits per heavy atom. The number of pyridine rings is 1. The van der Waals surface area contributed by atoms with Crippen LogP contribution in [0.3, 0.4) is 0 Å². The van der Waals surface area contributed by atoms with Gasteiger partial charge in [0.05, 0.1) is 10.7 Å². The zero-order chi connectivity index (χ0) is 19.3. The van der Waals surface area contributed by atoms with Crippen LogP contribution in [0.1, 0.15) is 48.2 Å². The number of carbonyl (C=O) groups is 1. The van der Waals surface area contributed by atoms with Crippen LogP contribution in [-0.2, 0) is 11.2 Å². The predicted octanol–water partition coefficient (Wildman–Crippen LogP) is 5.62. The van der Waals surface area contributed by atoms with Gasteiger partial charge in [0.15, 0.2) is 0 Å². The van der Waals surface area contributed by atoms with Crippen molar-refractivity contribution in [2.24, 2.45) is 5.92 Å². The molecule has 28 heavy (non-hydrogen) atoms. The number of thiazole rings is 1. The van der Waals surface area contributed by atoms with E-state index in [9.17, 15) is 4.79 Å². The molecule has 3 aromatic rings. The highest BCUT2D eigenvalue weighted by Crippen LogP contribution is 2.27. The fourth-order valence-corrected chi connectivity index (χ4v) is 4.58. The first-order valence-electron chi connectivity index (χ1n) is 9.94. The molecule has 0 atom stereocenters. The average molecular weight is 392 g/mol. The largest absolute Gasteiger partial charge is 0.326 e. The van der Waals surface area contributed by atoms with E-state index < -0.39 is 0 Å². The van der Waals surface area contributed by atoms with E-state index in [4.69, 9.17) is 4.98 Å². The van der Waals surface area contributed by atoms with Gasteiger partial charge in [-0.1, -0.05) is 25.3 Å². The molecule has 1 aliphatic carbocycles. The third-order valence-corrected chi connectivity index (χ3v) is 6.29. The molecule has 4 nitrogen and oxygen atoms in total. The van der Waals surface area contributed by atoms with E-state index in [2.05, 4.69) is 34.7 Å². The molecule has 2 heterocycles. The summed E-state index contributed by atoms with van der Waals surface area (Å²) in [5.74, 6) is 0.335. The monoisotopic (exact) mass is 391 g/mol. The van der Waals surface area contributed by atoms with E-state index in [0.29, 0.717) is 0 Å². The fraction of sp³-hybridized carbons (Fsp3) is 0.348. The third-order valence-electron chi connectivity index (χ3n) is 5.44. The number of nitrogens with zero attached hydrogens (tertiary/aromatic N) is 2. The molecule has 0 aliphatic heterocycles. The van der Waals surface area contributed by atoms with Crippen LogP contribution in [0.2, 0.25) is 0 Å². The molecule has 0 radical (unpaired) electrons. The van der Waals surface area contributed by atoms with Crippen LogP contribution in [0.25, 0.3) is 11.3 Å². The van der Waals surface area contributed by atoms with E-state index in [0.717, 1.165) is 41.2 Å². The lowest BCUT2D eigenvalue weighted by molar-refractivity contribution is -0.120. The lowest BCUT2D eigenvalue weighted by atomic mass is 9.88. The molecule has 2 aromatic heterocycles. The van der Waals surface area contributed by atoms with E-state index in [1.165, 1.54) is 30.4 Å². The SMILES string of the molecule is Cc1ccc(NC(=O)C2CCCCC2)cc1Cc1nc(-c2cccnc2)cs1. The van der Waals surface area contributed by atoms with Crippen molar-refractivity contribution in [3.05, 3.63) is 64.2 Å². The minimum Gasteiger partial charge on any atom is -0.326 e. The molecule has 1 N–H and O–H groups in total. The minimum atomic E-state index is 0.166. The van der Waals surface area contributed by atoms with Crippen LogP contribution in [0.5, 0.6) is 0 Å². The molecule has 1 aliphatic rings. The van der Waals surface area contributed by atoms with Gasteiger partial charge in [0, 0.05) is 41.4 Å². The van der Waals surface area contributed by atoms with E-state index in [-0.39, 0.29) is 11.8 Å².